The van der Waals surface area contributed by atoms with Crippen molar-refractivity contribution in [1.82, 2.24) is 10.2 Å². The first-order chi connectivity index (χ1) is 20.4. The Morgan fingerprint density at radius 3 is 2.18 bits per heavy atom. The number of carbonyl (C=O) groups excluding carboxylic acids is 1. The lowest BCUT2D eigenvalue weighted by Gasteiger charge is -2.34. The molecule has 3 aromatic rings. The van der Waals surface area contributed by atoms with Gasteiger partial charge < -0.3 is 10.1 Å². The number of nitrogens with one attached hydrogen (secondary N) is 2. The molecule has 2 N–H and O–H groups in total. The second kappa shape index (κ2) is 15.5. The SMILES string of the molecule is CCCCN(C(=O)NC1CCN(Cc2ccc(Oc3ccc(NS(C)(=O)=O)cc3)cc2)CC1)c1cccc(C(F)(F)F)c1.Cl. The first-order valence-electron chi connectivity index (χ1n) is 14.2. The summed E-state index contributed by atoms with van der Waals surface area (Å²) >= 11 is 0. The number of rotatable bonds is 11. The van der Waals surface area contributed by atoms with Crippen LogP contribution in [0.5, 0.6) is 11.5 Å². The molecule has 2 amide bonds. The number of likely N-dealkylation sites (tertiary alicyclic amines) is 1. The number of ether oxygens (including phenoxy) is 1. The van der Waals surface area contributed by atoms with Gasteiger partial charge in [0.25, 0.3) is 0 Å². The van der Waals surface area contributed by atoms with Crippen molar-refractivity contribution in [3.63, 3.8) is 0 Å². The van der Waals surface area contributed by atoms with E-state index in [0.29, 0.717) is 30.2 Å². The van der Waals surface area contributed by atoms with E-state index in [0.717, 1.165) is 62.8 Å². The summed E-state index contributed by atoms with van der Waals surface area (Å²) in [5, 5.41) is 3.04. The van der Waals surface area contributed by atoms with Crippen LogP contribution < -0.4 is 19.7 Å². The molecule has 0 atom stereocenters. The Morgan fingerprint density at radius 1 is 1.00 bits per heavy atom. The molecule has 44 heavy (non-hydrogen) atoms. The first kappa shape index (κ1) is 35.0. The highest BCUT2D eigenvalue weighted by atomic mass is 35.5. The molecule has 0 aliphatic carbocycles. The van der Waals surface area contributed by atoms with Crippen LogP contribution in [0.25, 0.3) is 0 Å². The predicted octanol–water partition coefficient (Wildman–Crippen LogP) is 7.27. The van der Waals surface area contributed by atoms with Gasteiger partial charge in [0.05, 0.1) is 11.8 Å². The summed E-state index contributed by atoms with van der Waals surface area (Å²) in [5.41, 5.74) is 1.04. The summed E-state index contributed by atoms with van der Waals surface area (Å²) in [5.74, 6) is 1.24. The van der Waals surface area contributed by atoms with Crippen LogP contribution in [0, 0.1) is 0 Å². The summed E-state index contributed by atoms with van der Waals surface area (Å²) in [7, 11) is -3.34. The molecule has 1 aliphatic heterocycles. The third-order valence-electron chi connectivity index (χ3n) is 7.10. The minimum absolute atomic E-state index is 0. The van der Waals surface area contributed by atoms with Gasteiger partial charge in [-0.15, -0.1) is 12.4 Å². The van der Waals surface area contributed by atoms with Crippen LogP contribution in [-0.4, -0.2) is 51.3 Å². The number of piperidine rings is 1. The minimum atomic E-state index is -4.48. The number of anilines is 2. The second-order valence-electron chi connectivity index (χ2n) is 10.7. The number of sulfonamides is 1. The molecule has 13 heteroatoms. The summed E-state index contributed by atoms with van der Waals surface area (Å²) in [6, 6.07) is 18.9. The highest BCUT2D eigenvalue weighted by Gasteiger charge is 2.31. The van der Waals surface area contributed by atoms with Crippen molar-refractivity contribution < 1.29 is 31.1 Å². The Balaban J connectivity index is 0.00000529. The van der Waals surface area contributed by atoms with Gasteiger partial charge in [-0.05, 0) is 79.4 Å². The van der Waals surface area contributed by atoms with Gasteiger partial charge in [-0.1, -0.05) is 31.5 Å². The Bertz CT molecular complexity index is 1460. The van der Waals surface area contributed by atoms with Gasteiger partial charge in [0, 0.05) is 43.6 Å². The fourth-order valence-electron chi connectivity index (χ4n) is 4.86. The quantitative estimate of drug-likeness (QED) is 0.227. The van der Waals surface area contributed by atoms with Crippen LogP contribution in [0.2, 0.25) is 0 Å². The molecule has 0 bridgehead atoms. The maximum absolute atomic E-state index is 13.3. The molecule has 0 aromatic heterocycles. The molecular weight excluding hydrogens is 617 g/mol. The monoisotopic (exact) mass is 654 g/mol. The summed E-state index contributed by atoms with van der Waals surface area (Å²) in [4.78, 5) is 16.9. The number of nitrogens with zero attached hydrogens (tertiary/aromatic N) is 2. The molecule has 1 saturated heterocycles. The van der Waals surface area contributed by atoms with Crippen molar-refractivity contribution in [2.45, 2.75) is 51.4 Å². The first-order valence-corrected chi connectivity index (χ1v) is 16.1. The zero-order valence-electron chi connectivity index (χ0n) is 24.6. The number of hydrogen-bond donors (Lipinski definition) is 2. The molecule has 0 saturated carbocycles. The van der Waals surface area contributed by atoms with Crippen LogP contribution in [0.4, 0.5) is 29.3 Å². The molecule has 0 spiro atoms. The summed E-state index contributed by atoms with van der Waals surface area (Å²) in [6.07, 6.45) is -0.415. The van der Waals surface area contributed by atoms with E-state index in [1.54, 1.807) is 30.3 Å². The van der Waals surface area contributed by atoms with Crippen molar-refractivity contribution in [1.29, 1.82) is 0 Å². The molecule has 3 aromatic carbocycles. The number of urea groups is 1. The van der Waals surface area contributed by atoms with E-state index in [-0.39, 0.29) is 30.2 Å². The van der Waals surface area contributed by atoms with Gasteiger partial charge >= 0.3 is 12.2 Å². The number of amides is 2. The smallest absolute Gasteiger partial charge is 0.416 e. The Morgan fingerprint density at radius 2 is 1.61 bits per heavy atom. The Hall–Kier alpha value is -3.48. The van der Waals surface area contributed by atoms with Gasteiger partial charge in [0.2, 0.25) is 10.0 Å². The second-order valence-corrected chi connectivity index (χ2v) is 12.4. The normalized spacial score (nSPS) is 14.4. The van der Waals surface area contributed by atoms with Crippen LogP contribution in [-0.2, 0) is 22.7 Å². The zero-order chi connectivity index (χ0) is 31.0. The lowest BCUT2D eigenvalue weighted by Crippen LogP contribution is -2.49. The molecular formula is C31H38ClF3N4O4S. The minimum Gasteiger partial charge on any atom is -0.457 e. The lowest BCUT2D eigenvalue weighted by atomic mass is 10.0. The fourth-order valence-corrected chi connectivity index (χ4v) is 5.43. The number of halogens is 4. The third kappa shape index (κ3) is 10.6. The van der Waals surface area contributed by atoms with E-state index >= 15 is 0 Å². The van der Waals surface area contributed by atoms with E-state index in [4.69, 9.17) is 4.74 Å². The molecule has 4 rings (SSSR count). The van der Waals surface area contributed by atoms with E-state index in [9.17, 15) is 26.4 Å². The summed E-state index contributed by atoms with van der Waals surface area (Å²) in [6.45, 7) is 4.60. The molecule has 0 radical (unpaired) electrons. The highest BCUT2D eigenvalue weighted by molar-refractivity contribution is 7.92. The van der Waals surface area contributed by atoms with Crippen LogP contribution in [0.3, 0.4) is 0 Å². The van der Waals surface area contributed by atoms with Gasteiger partial charge in [0.1, 0.15) is 11.5 Å². The Labute approximate surface area is 263 Å². The van der Waals surface area contributed by atoms with Crippen molar-refractivity contribution >= 4 is 39.8 Å². The largest absolute Gasteiger partial charge is 0.457 e. The van der Waals surface area contributed by atoms with Gasteiger partial charge in [0.15, 0.2) is 0 Å². The maximum atomic E-state index is 13.3. The standard InChI is InChI=1S/C31H37F3N4O4S.ClH/c1-3-4-18-38(27-7-5-6-24(21-27)31(32,33)34)30(39)35-25-16-19-37(20-17-25)22-23-8-12-28(13-9-23)42-29-14-10-26(11-15-29)36-43(2,40)41;/h5-15,21,25,36H,3-4,16-20,22H2,1-2H3,(H,35,39);1H. The topological polar surface area (TPSA) is 91.0 Å². The Kier molecular flexibility index (Phi) is 12.3. The van der Waals surface area contributed by atoms with Crippen LogP contribution >= 0.6 is 12.4 Å². The van der Waals surface area contributed by atoms with Crippen molar-refractivity contribution in [3.05, 3.63) is 83.9 Å². The van der Waals surface area contributed by atoms with Crippen molar-refractivity contribution in [3.8, 4) is 11.5 Å². The number of benzene rings is 3. The number of hydrogen-bond acceptors (Lipinski definition) is 5. The molecule has 1 fully saturated rings. The van der Waals surface area contributed by atoms with Gasteiger partial charge in [-0.2, -0.15) is 13.2 Å². The number of alkyl halides is 3. The highest BCUT2D eigenvalue weighted by Crippen LogP contribution is 2.32. The maximum Gasteiger partial charge on any atom is 0.416 e. The fraction of sp³-hybridized carbons (Fsp3) is 0.387. The zero-order valence-corrected chi connectivity index (χ0v) is 26.3. The van der Waals surface area contributed by atoms with Gasteiger partial charge in [-0.3, -0.25) is 14.5 Å². The van der Waals surface area contributed by atoms with E-state index in [1.165, 1.54) is 11.0 Å². The average molecular weight is 655 g/mol. The van der Waals surface area contributed by atoms with Crippen LogP contribution in [0.1, 0.15) is 43.7 Å². The number of carbonyl (C=O) groups is 1. The van der Waals surface area contributed by atoms with E-state index in [2.05, 4.69) is 14.9 Å². The van der Waals surface area contributed by atoms with E-state index < -0.39 is 21.8 Å². The van der Waals surface area contributed by atoms with Crippen molar-refractivity contribution in [2.24, 2.45) is 0 Å². The van der Waals surface area contributed by atoms with Gasteiger partial charge in [-0.25, -0.2) is 13.2 Å². The molecule has 240 valence electrons. The van der Waals surface area contributed by atoms with Crippen molar-refractivity contribution in [2.75, 3.05) is 35.5 Å². The molecule has 0 unspecified atom stereocenters. The predicted molar refractivity (Wildman–Crippen MR) is 169 cm³/mol. The average Bonchev–Trinajstić information content (AvgIpc) is 2.95. The van der Waals surface area contributed by atoms with Crippen LogP contribution in [0.15, 0.2) is 72.8 Å². The molecule has 1 heterocycles. The van der Waals surface area contributed by atoms with E-state index in [1.807, 2.05) is 31.2 Å². The summed E-state index contributed by atoms with van der Waals surface area (Å²) < 4.78 is 70.8. The molecule has 1 aliphatic rings. The third-order valence-corrected chi connectivity index (χ3v) is 7.71. The molecule has 8 nitrogen and oxygen atoms in total. The number of unbranched alkanes of at least 4 members (excludes halogenated alkanes) is 1. The lowest BCUT2D eigenvalue weighted by molar-refractivity contribution is -0.137.